The van der Waals surface area contributed by atoms with Crippen LogP contribution in [-0.4, -0.2) is 21.7 Å². The number of benzene rings is 1. The van der Waals surface area contributed by atoms with Gasteiger partial charge in [0.15, 0.2) is 0 Å². The molecule has 0 unspecified atom stereocenters. The molecule has 1 aromatic carbocycles. The quantitative estimate of drug-likeness (QED) is 0.867. The van der Waals surface area contributed by atoms with Crippen LogP contribution >= 0.6 is 0 Å². The third kappa shape index (κ3) is 2.54. The summed E-state index contributed by atoms with van der Waals surface area (Å²) in [4.78, 5) is 4.22. The monoisotopic (exact) mass is 245 g/mol. The van der Waals surface area contributed by atoms with Crippen LogP contribution in [-0.2, 0) is 12.1 Å². The highest BCUT2D eigenvalue weighted by molar-refractivity contribution is 5.26. The van der Waals surface area contributed by atoms with E-state index in [1.165, 1.54) is 0 Å². The zero-order valence-corrected chi connectivity index (χ0v) is 11.0. The summed E-state index contributed by atoms with van der Waals surface area (Å²) < 4.78 is 2.11. The van der Waals surface area contributed by atoms with Gasteiger partial charge in [-0.15, -0.1) is 0 Å². The fourth-order valence-corrected chi connectivity index (χ4v) is 1.89. The Labute approximate surface area is 107 Å². The van der Waals surface area contributed by atoms with Crippen LogP contribution in [0.25, 0.3) is 0 Å². The fourth-order valence-electron chi connectivity index (χ4n) is 1.89. The Bertz CT molecular complexity index is 514. The molecule has 4 heteroatoms. The van der Waals surface area contributed by atoms with Crippen molar-refractivity contribution in [3.63, 3.8) is 0 Å². The normalized spacial score (nSPS) is 11.7. The lowest BCUT2D eigenvalue weighted by atomic mass is 10.0. The topological polar surface area (TPSA) is 50.1 Å². The molecule has 0 amide bonds. The number of phenolic OH excluding ortho intramolecular Hbond substituents is 1. The Morgan fingerprint density at radius 1 is 1.28 bits per heavy atom. The van der Waals surface area contributed by atoms with E-state index in [-0.39, 0.29) is 5.54 Å². The smallest absolute Gasteiger partial charge is 0.115 e. The average Bonchev–Trinajstić information content (AvgIpc) is 2.81. The minimum absolute atomic E-state index is 0.118. The van der Waals surface area contributed by atoms with Crippen LogP contribution in [0.1, 0.15) is 25.1 Å². The highest BCUT2D eigenvalue weighted by Gasteiger charge is 2.21. The third-order valence-corrected chi connectivity index (χ3v) is 3.27. The molecule has 4 nitrogen and oxygen atoms in total. The fraction of sp³-hybridized carbons (Fsp3) is 0.357. The Morgan fingerprint density at radius 2 is 1.94 bits per heavy atom. The highest BCUT2D eigenvalue weighted by atomic mass is 16.3. The van der Waals surface area contributed by atoms with Gasteiger partial charge in [-0.3, -0.25) is 0 Å². The summed E-state index contributed by atoms with van der Waals surface area (Å²) in [7, 11) is 1.94. The number of nitrogens with one attached hydrogen (secondary N) is 1. The van der Waals surface area contributed by atoms with Gasteiger partial charge < -0.3 is 15.0 Å². The lowest BCUT2D eigenvalue weighted by Crippen LogP contribution is -2.35. The van der Waals surface area contributed by atoms with E-state index in [2.05, 4.69) is 28.7 Å². The van der Waals surface area contributed by atoms with E-state index >= 15 is 0 Å². The van der Waals surface area contributed by atoms with Gasteiger partial charge in [-0.05, 0) is 38.6 Å². The van der Waals surface area contributed by atoms with Crippen molar-refractivity contribution in [2.45, 2.75) is 25.9 Å². The Kier molecular flexibility index (Phi) is 3.39. The molecule has 0 aliphatic carbocycles. The first-order valence-corrected chi connectivity index (χ1v) is 6.00. The first-order chi connectivity index (χ1) is 8.53. The molecule has 0 fully saturated rings. The van der Waals surface area contributed by atoms with E-state index in [1.807, 2.05) is 31.7 Å². The van der Waals surface area contributed by atoms with Crippen LogP contribution in [0.2, 0.25) is 0 Å². The van der Waals surface area contributed by atoms with Crippen LogP contribution in [0.4, 0.5) is 0 Å². The molecule has 2 aromatic rings. The summed E-state index contributed by atoms with van der Waals surface area (Å²) in [6, 6.07) is 7.25. The van der Waals surface area contributed by atoms with Crippen molar-refractivity contribution in [3.8, 4) is 5.75 Å². The molecule has 96 valence electrons. The molecule has 1 heterocycles. The molecule has 0 spiro atoms. The van der Waals surface area contributed by atoms with E-state index in [4.69, 9.17) is 0 Å². The first kappa shape index (κ1) is 12.6. The van der Waals surface area contributed by atoms with Crippen LogP contribution < -0.4 is 5.32 Å². The van der Waals surface area contributed by atoms with E-state index < -0.39 is 0 Å². The summed E-state index contributed by atoms with van der Waals surface area (Å²) in [6.45, 7) is 5.00. The second kappa shape index (κ2) is 4.82. The lowest BCUT2D eigenvalue weighted by Gasteiger charge is -2.25. The maximum Gasteiger partial charge on any atom is 0.115 e. The van der Waals surface area contributed by atoms with Gasteiger partial charge in [-0.2, -0.15) is 0 Å². The van der Waals surface area contributed by atoms with Crippen LogP contribution in [0, 0.1) is 0 Å². The first-order valence-electron chi connectivity index (χ1n) is 6.00. The van der Waals surface area contributed by atoms with Gasteiger partial charge in [0.05, 0.1) is 23.8 Å². The molecule has 0 aliphatic heterocycles. The van der Waals surface area contributed by atoms with Crippen molar-refractivity contribution in [3.05, 3.63) is 48.0 Å². The number of imidazole rings is 1. The predicted molar refractivity (Wildman–Crippen MR) is 71.5 cm³/mol. The molecule has 0 radical (unpaired) electrons. The number of rotatable bonds is 4. The largest absolute Gasteiger partial charge is 0.508 e. The van der Waals surface area contributed by atoms with Gasteiger partial charge in [0, 0.05) is 6.54 Å². The molecule has 0 atom stereocenters. The summed E-state index contributed by atoms with van der Waals surface area (Å²) in [5, 5.41) is 12.6. The van der Waals surface area contributed by atoms with Gasteiger partial charge in [0.2, 0.25) is 0 Å². The van der Waals surface area contributed by atoms with Crippen LogP contribution in [0.5, 0.6) is 5.75 Å². The second-order valence-electron chi connectivity index (χ2n) is 4.95. The molecule has 2 rings (SSSR count). The van der Waals surface area contributed by atoms with Gasteiger partial charge >= 0.3 is 0 Å². The Hall–Kier alpha value is -1.81. The maximum atomic E-state index is 9.28. The third-order valence-electron chi connectivity index (χ3n) is 3.27. The zero-order chi connectivity index (χ0) is 13.2. The van der Waals surface area contributed by atoms with Crippen LogP contribution in [0.15, 0.2) is 36.8 Å². The summed E-state index contributed by atoms with van der Waals surface area (Å²) in [5.41, 5.74) is 2.16. The average molecular weight is 245 g/mol. The summed E-state index contributed by atoms with van der Waals surface area (Å²) in [5.74, 6) is 0.292. The SMILES string of the molecule is CNC(C)(C)c1cncn1Cc1ccc(O)cc1. The lowest BCUT2D eigenvalue weighted by molar-refractivity contribution is 0.413. The molecule has 2 N–H and O–H groups in total. The molecular formula is C14H19N3O. The molecule has 0 saturated carbocycles. The van der Waals surface area contributed by atoms with E-state index in [0.29, 0.717) is 5.75 Å². The minimum atomic E-state index is -0.118. The number of aromatic hydroxyl groups is 1. The molecular weight excluding hydrogens is 226 g/mol. The number of aromatic nitrogens is 2. The molecule has 0 bridgehead atoms. The summed E-state index contributed by atoms with van der Waals surface area (Å²) >= 11 is 0. The van der Waals surface area contributed by atoms with Gasteiger partial charge in [-0.1, -0.05) is 12.1 Å². The van der Waals surface area contributed by atoms with Crippen LogP contribution in [0.3, 0.4) is 0 Å². The van der Waals surface area contributed by atoms with Gasteiger partial charge in [0.25, 0.3) is 0 Å². The number of phenols is 1. The second-order valence-corrected chi connectivity index (χ2v) is 4.95. The highest BCUT2D eigenvalue weighted by Crippen LogP contribution is 2.20. The molecule has 0 aliphatic rings. The predicted octanol–water partition coefficient (Wildman–Crippen LogP) is 2.09. The van der Waals surface area contributed by atoms with Crippen molar-refractivity contribution in [2.24, 2.45) is 0 Å². The standard InChI is InChI=1S/C14H19N3O/c1-14(2,15-3)13-8-16-10-17(13)9-11-4-6-12(18)7-5-11/h4-8,10,15,18H,9H2,1-3H3. The zero-order valence-electron chi connectivity index (χ0n) is 11.0. The van der Waals surface area contributed by atoms with Crippen molar-refractivity contribution in [1.82, 2.24) is 14.9 Å². The van der Waals surface area contributed by atoms with E-state index in [1.54, 1.807) is 12.1 Å². The van der Waals surface area contributed by atoms with E-state index in [9.17, 15) is 5.11 Å². The Balaban J connectivity index is 2.25. The number of hydrogen-bond donors (Lipinski definition) is 2. The van der Waals surface area contributed by atoms with Crippen molar-refractivity contribution >= 4 is 0 Å². The van der Waals surface area contributed by atoms with Crippen molar-refractivity contribution in [2.75, 3.05) is 7.05 Å². The molecule has 18 heavy (non-hydrogen) atoms. The van der Waals surface area contributed by atoms with E-state index in [0.717, 1.165) is 17.8 Å². The number of nitrogens with zero attached hydrogens (tertiary/aromatic N) is 2. The van der Waals surface area contributed by atoms with Gasteiger partial charge in [-0.25, -0.2) is 4.98 Å². The Morgan fingerprint density at radius 3 is 2.56 bits per heavy atom. The number of hydrogen-bond acceptors (Lipinski definition) is 3. The maximum absolute atomic E-state index is 9.28. The summed E-state index contributed by atoms with van der Waals surface area (Å²) in [6.07, 6.45) is 3.72. The molecule has 1 aromatic heterocycles. The molecule has 0 saturated heterocycles. The minimum Gasteiger partial charge on any atom is -0.508 e. The van der Waals surface area contributed by atoms with Gasteiger partial charge in [0.1, 0.15) is 5.75 Å². The van der Waals surface area contributed by atoms with Crippen molar-refractivity contribution in [1.29, 1.82) is 0 Å². The van der Waals surface area contributed by atoms with Crippen molar-refractivity contribution < 1.29 is 5.11 Å².